The largest absolute Gasteiger partial charge is 0.486 e. The predicted octanol–water partition coefficient (Wildman–Crippen LogP) is 5.18. The second-order valence-electron chi connectivity index (χ2n) is 9.93. The Morgan fingerprint density at radius 3 is 2.61 bits per heavy atom. The van der Waals surface area contributed by atoms with Gasteiger partial charge in [-0.1, -0.05) is 41.6 Å². The lowest BCUT2D eigenvalue weighted by atomic mass is 9.81. The first-order valence-electron chi connectivity index (χ1n) is 11.8. The standard InChI is InChI=1S/C26H27F3N3O4/c1-25(11-6-12-34-16-25)24(33)32(2)14-19-10-9-18(22-30-23(36-31-22)26(27,28)29)13-21(19)35-15-20(32)17-7-4-3-5-8-17/h3-5,7-10,13,20H,6,11-12,14-16H2,1-2H3/q+1. The number of aromatic nitrogens is 2. The first kappa shape index (κ1) is 24.5. The molecule has 3 atom stereocenters. The normalized spacial score (nSPS) is 26.5. The molecule has 0 radical (unpaired) electrons. The molecular formula is C26H27F3N3O4+. The lowest BCUT2D eigenvalue weighted by Crippen LogP contribution is -2.59. The van der Waals surface area contributed by atoms with Gasteiger partial charge in [-0.25, -0.2) is 9.28 Å². The molecule has 0 N–H and O–H groups in total. The minimum Gasteiger partial charge on any atom is -0.486 e. The van der Waals surface area contributed by atoms with Gasteiger partial charge < -0.3 is 14.0 Å². The first-order chi connectivity index (χ1) is 17.1. The lowest BCUT2D eigenvalue weighted by Gasteiger charge is -2.43. The van der Waals surface area contributed by atoms with Gasteiger partial charge in [0.2, 0.25) is 5.82 Å². The Balaban J connectivity index is 1.54. The van der Waals surface area contributed by atoms with Gasteiger partial charge in [0.1, 0.15) is 24.3 Å². The molecule has 1 aromatic heterocycles. The molecule has 2 aromatic carbocycles. The van der Waals surface area contributed by atoms with Crippen molar-refractivity contribution in [3.8, 4) is 17.1 Å². The van der Waals surface area contributed by atoms with E-state index in [1.165, 1.54) is 0 Å². The number of amides is 1. The van der Waals surface area contributed by atoms with Gasteiger partial charge in [-0.15, -0.1) is 0 Å². The molecule has 0 aliphatic carbocycles. The fourth-order valence-corrected chi connectivity index (χ4v) is 5.24. The smallest absolute Gasteiger partial charge is 0.471 e. The van der Waals surface area contributed by atoms with Crippen molar-refractivity contribution in [3.05, 3.63) is 65.5 Å². The number of ether oxygens (including phenoxy) is 2. The van der Waals surface area contributed by atoms with Crippen LogP contribution in [0.4, 0.5) is 13.2 Å². The van der Waals surface area contributed by atoms with Crippen LogP contribution >= 0.6 is 0 Å². The first-order valence-corrected chi connectivity index (χ1v) is 11.8. The van der Waals surface area contributed by atoms with Gasteiger partial charge in [0.25, 0.3) is 0 Å². The van der Waals surface area contributed by atoms with Crippen molar-refractivity contribution in [2.24, 2.45) is 5.41 Å². The Bertz CT molecular complexity index is 1250. The summed E-state index contributed by atoms with van der Waals surface area (Å²) in [4.78, 5) is 17.7. The van der Waals surface area contributed by atoms with Crippen LogP contribution in [0.5, 0.6) is 5.75 Å². The molecule has 3 aromatic rings. The fraction of sp³-hybridized carbons (Fsp3) is 0.423. The van der Waals surface area contributed by atoms with Crippen molar-refractivity contribution in [1.29, 1.82) is 0 Å². The Kier molecular flexibility index (Phi) is 6.12. The van der Waals surface area contributed by atoms with Crippen LogP contribution in [0.25, 0.3) is 11.4 Å². The van der Waals surface area contributed by atoms with E-state index in [-0.39, 0.29) is 28.9 Å². The molecule has 5 rings (SSSR count). The van der Waals surface area contributed by atoms with E-state index in [1.807, 2.05) is 44.3 Å². The average molecular weight is 503 g/mol. The van der Waals surface area contributed by atoms with Gasteiger partial charge in [-0.3, -0.25) is 0 Å². The number of fused-ring (bicyclic) bond motifs is 1. The number of alkyl halides is 3. The summed E-state index contributed by atoms with van der Waals surface area (Å²) in [6, 6.07) is 14.4. The van der Waals surface area contributed by atoms with Crippen LogP contribution in [-0.2, 0) is 22.3 Å². The molecule has 3 unspecified atom stereocenters. The summed E-state index contributed by atoms with van der Waals surface area (Å²) in [5.74, 6) is -1.04. The third-order valence-electron chi connectivity index (χ3n) is 7.18. The molecule has 0 spiro atoms. The molecular weight excluding hydrogens is 475 g/mol. The van der Waals surface area contributed by atoms with Crippen molar-refractivity contribution in [2.45, 2.75) is 38.5 Å². The number of carbonyl (C=O) groups is 1. The highest BCUT2D eigenvalue weighted by atomic mass is 19.4. The molecule has 3 heterocycles. The van der Waals surface area contributed by atoms with Crippen LogP contribution < -0.4 is 4.74 Å². The second kappa shape index (κ2) is 9.01. The second-order valence-corrected chi connectivity index (χ2v) is 9.93. The average Bonchev–Trinajstić information content (AvgIpc) is 3.31. The number of hydrogen-bond acceptors (Lipinski definition) is 6. The molecule has 36 heavy (non-hydrogen) atoms. The summed E-state index contributed by atoms with van der Waals surface area (Å²) in [7, 11) is 1.93. The van der Waals surface area contributed by atoms with E-state index in [0.29, 0.717) is 31.1 Å². The highest BCUT2D eigenvalue weighted by molar-refractivity contribution is 5.76. The van der Waals surface area contributed by atoms with Gasteiger partial charge in [0, 0.05) is 23.3 Å². The molecule has 0 saturated carbocycles. The van der Waals surface area contributed by atoms with Crippen molar-refractivity contribution in [3.63, 3.8) is 0 Å². The van der Waals surface area contributed by atoms with E-state index in [0.717, 1.165) is 24.0 Å². The van der Waals surface area contributed by atoms with E-state index in [9.17, 15) is 18.0 Å². The zero-order valence-corrected chi connectivity index (χ0v) is 20.0. The Labute approximate surface area is 206 Å². The summed E-state index contributed by atoms with van der Waals surface area (Å²) in [5, 5.41) is 3.48. The van der Waals surface area contributed by atoms with Crippen molar-refractivity contribution in [2.75, 3.05) is 26.9 Å². The fourth-order valence-electron chi connectivity index (χ4n) is 5.24. The third kappa shape index (κ3) is 4.39. The van der Waals surface area contributed by atoms with Gasteiger partial charge in [-0.2, -0.15) is 18.2 Å². The van der Waals surface area contributed by atoms with Crippen LogP contribution in [0.15, 0.2) is 53.1 Å². The van der Waals surface area contributed by atoms with Gasteiger partial charge in [0.15, 0.2) is 6.04 Å². The SMILES string of the molecule is CC1(C(=O)[N+]2(C)Cc3ccc(-c4noc(C(F)(F)F)n4)cc3OCC2c2ccccc2)CCCOC1. The van der Waals surface area contributed by atoms with Gasteiger partial charge in [-0.05, 0) is 31.9 Å². The molecule has 2 aliphatic rings. The summed E-state index contributed by atoms with van der Waals surface area (Å²) in [5.41, 5.74) is 1.44. The summed E-state index contributed by atoms with van der Waals surface area (Å²) >= 11 is 0. The van der Waals surface area contributed by atoms with Crippen molar-refractivity contribution >= 4 is 5.91 Å². The molecule has 1 amide bonds. The van der Waals surface area contributed by atoms with Crippen molar-refractivity contribution in [1.82, 2.24) is 10.1 Å². The van der Waals surface area contributed by atoms with Crippen LogP contribution in [0.3, 0.4) is 0 Å². The number of hydrogen-bond donors (Lipinski definition) is 0. The summed E-state index contributed by atoms with van der Waals surface area (Å²) in [6.07, 6.45) is -3.17. The minimum atomic E-state index is -4.73. The zero-order chi connectivity index (χ0) is 25.6. The zero-order valence-electron chi connectivity index (χ0n) is 20.0. The minimum absolute atomic E-state index is 0.0737. The molecule has 7 nitrogen and oxygen atoms in total. The third-order valence-corrected chi connectivity index (χ3v) is 7.18. The number of halogens is 3. The van der Waals surface area contributed by atoms with E-state index in [4.69, 9.17) is 9.47 Å². The van der Waals surface area contributed by atoms with Crippen molar-refractivity contribution < 1.29 is 36.4 Å². The van der Waals surface area contributed by atoms with E-state index in [1.54, 1.807) is 18.2 Å². The number of likely N-dealkylation sites (N-methyl/N-ethyl adjacent to an activating group) is 1. The quantitative estimate of drug-likeness (QED) is 0.460. The van der Waals surface area contributed by atoms with Gasteiger partial charge >= 0.3 is 18.0 Å². The Morgan fingerprint density at radius 1 is 1.17 bits per heavy atom. The maximum Gasteiger partial charge on any atom is 0.471 e. The number of rotatable bonds is 3. The number of nitrogens with zero attached hydrogens (tertiary/aromatic N) is 3. The number of benzene rings is 2. The van der Waals surface area contributed by atoms with Crippen LogP contribution in [0.1, 0.15) is 42.8 Å². The Hall–Kier alpha value is -3.24. The molecule has 190 valence electrons. The monoisotopic (exact) mass is 502 g/mol. The maximum absolute atomic E-state index is 14.2. The topological polar surface area (TPSA) is 74.5 Å². The van der Waals surface area contributed by atoms with E-state index >= 15 is 0 Å². The summed E-state index contributed by atoms with van der Waals surface area (Å²) in [6.45, 7) is 3.54. The van der Waals surface area contributed by atoms with Gasteiger partial charge in [0.05, 0.1) is 13.7 Å². The van der Waals surface area contributed by atoms with E-state index in [2.05, 4.69) is 14.7 Å². The van der Waals surface area contributed by atoms with Crippen LogP contribution in [-0.4, -0.2) is 47.4 Å². The summed E-state index contributed by atoms with van der Waals surface area (Å²) < 4.78 is 55.2. The molecule has 1 fully saturated rings. The number of carbonyl (C=O) groups excluding carboxylic acids is 1. The lowest BCUT2D eigenvalue weighted by molar-refractivity contribution is -0.882. The molecule has 0 bridgehead atoms. The van der Waals surface area contributed by atoms with Crippen LogP contribution in [0, 0.1) is 5.41 Å². The number of quaternary nitrogens is 1. The van der Waals surface area contributed by atoms with E-state index < -0.39 is 17.5 Å². The highest BCUT2D eigenvalue weighted by Gasteiger charge is 2.52. The molecule has 10 heteroatoms. The van der Waals surface area contributed by atoms with Crippen LogP contribution in [0.2, 0.25) is 0 Å². The highest BCUT2D eigenvalue weighted by Crippen LogP contribution is 2.43. The predicted molar refractivity (Wildman–Crippen MR) is 122 cm³/mol. The molecule has 2 aliphatic heterocycles. The Morgan fingerprint density at radius 2 is 1.94 bits per heavy atom. The molecule has 1 saturated heterocycles. The maximum atomic E-state index is 14.2.